The zero-order valence-corrected chi connectivity index (χ0v) is 17.2. The van der Waals surface area contributed by atoms with Gasteiger partial charge in [-0.2, -0.15) is 11.8 Å². The van der Waals surface area contributed by atoms with Gasteiger partial charge in [-0.05, 0) is 41.8 Å². The Hall–Kier alpha value is -0.580. The van der Waals surface area contributed by atoms with E-state index in [4.69, 9.17) is 46.4 Å². The molecule has 1 amide bonds. The third-order valence-corrected chi connectivity index (χ3v) is 5.79. The Labute approximate surface area is 172 Å². The highest BCUT2D eigenvalue weighted by Gasteiger charge is 2.07. The van der Waals surface area contributed by atoms with Crippen molar-refractivity contribution >= 4 is 64.1 Å². The Kier molecular flexibility index (Phi) is 8.74. The van der Waals surface area contributed by atoms with E-state index >= 15 is 0 Å². The molecule has 0 aromatic heterocycles. The van der Waals surface area contributed by atoms with Gasteiger partial charge < -0.3 is 5.32 Å². The molecule has 0 fully saturated rings. The molecule has 0 unspecified atom stereocenters. The zero-order chi connectivity index (χ0) is 18.2. The number of hydrogen-bond acceptors (Lipinski definition) is 2. The van der Waals surface area contributed by atoms with Crippen molar-refractivity contribution in [2.75, 3.05) is 12.3 Å². The van der Waals surface area contributed by atoms with Crippen LogP contribution in [0, 0.1) is 0 Å². The van der Waals surface area contributed by atoms with Crippen LogP contribution in [0.2, 0.25) is 20.1 Å². The van der Waals surface area contributed by atoms with E-state index in [1.165, 1.54) is 0 Å². The summed E-state index contributed by atoms with van der Waals surface area (Å²) in [7, 11) is 0. The lowest BCUT2D eigenvalue weighted by Gasteiger charge is -2.08. The normalized spacial score (nSPS) is 10.7. The molecule has 2 aromatic carbocycles. The fourth-order valence-corrected chi connectivity index (χ4v) is 4.27. The molecule has 0 saturated carbocycles. The van der Waals surface area contributed by atoms with E-state index in [1.54, 1.807) is 23.9 Å². The maximum atomic E-state index is 11.9. The third-order valence-electron chi connectivity index (χ3n) is 3.51. The average molecular weight is 437 g/mol. The van der Waals surface area contributed by atoms with Crippen LogP contribution in [0.1, 0.15) is 17.5 Å². The molecule has 0 aliphatic carbocycles. The van der Waals surface area contributed by atoms with Gasteiger partial charge in [0.05, 0.1) is 0 Å². The van der Waals surface area contributed by atoms with Gasteiger partial charge >= 0.3 is 0 Å². The highest BCUT2D eigenvalue weighted by atomic mass is 35.5. The van der Waals surface area contributed by atoms with E-state index in [0.717, 1.165) is 22.6 Å². The molecule has 2 aromatic rings. The fourth-order valence-electron chi connectivity index (χ4n) is 2.17. The molecule has 0 heterocycles. The van der Waals surface area contributed by atoms with Gasteiger partial charge in [-0.15, -0.1) is 0 Å². The molecule has 0 bridgehead atoms. The van der Waals surface area contributed by atoms with Crippen LogP contribution < -0.4 is 5.32 Å². The largest absolute Gasteiger partial charge is 0.355 e. The number of amides is 1. The predicted octanol–water partition coefficient (Wildman–Crippen LogP) is 6.28. The van der Waals surface area contributed by atoms with E-state index in [1.807, 2.05) is 24.3 Å². The fraction of sp³-hybridized carbons (Fsp3) is 0.278. The van der Waals surface area contributed by atoms with Crippen LogP contribution in [-0.4, -0.2) is 18.2 Å². The first-order valence-electron chi connectivity index (χ1n) is 7.68. The second-order valence-corrected chi connectivity index (χ2v) is 8.10. The summed E-state index contributed by atoms with van der Waals surface area (Å²) >= 11 is 25.9. The Morgan fingerprint density at radius 1 is 1.00 bits per heavy atom. The van der Waals surface area contributed by atoms with Crippen LogP contribution in [0.3, 0.4) is 0 Å². The number of benzene rings is 2. The number of hydrogen-bond donors (Lipinski definition) is 1. The summed E-state index contributed by atoms with van der Waals surface area (Å²) in [6.07, 6.45) is 0.979. The Morgan fingerprint density at radius 2 is 1.72 bits per heavy atom. The molecular weight excluding hydrogens is 420 g/mol. The van der Waals surface area contributed by atoms with Crippen LogP contribution >= 0.6 is 58.2 Å². The van der Waals surface area contributed by atoms with Crippen molar-refractivity contribution < 1.29 is 4.79 Å². The van der Waals surface area contributed by atoms with Crippen molar-refractivity contribution in [3.63, 3.8) is 0 Å². The quantitative estimate of drug-likeness (QED) is 0.493. The molecule has 7 heteroatoms. The van der Waals surface area contributed by atoms with Crippen LogP contribution in [0.15, 0.2) is 36.4 Å². The molecule has 0 aliphatic rings. The van der Waals surface area contributed by atoms with Crippen LogP contribution in [0.4, 0.5) is 0 Å². The molecule has 0 aliphatic heterocycles. The van der Waals surface area contributed by atoms with Crippen molar-refractivity contribution in [2.45, 2.75) is 18.6 Å². The summed E-state index contributed by atoms with van der Waals surface area (Å²) < 4.78 is 0. The molecule has 0 atom stereocenters. The van der Waals surface area contributed by atoms with Gasteiger partial charge in [-0.25, -0.2) is 0 Å². The number of halogens is 4. The van der Waals surface area contributed by atoms with E-state index < -0.39 is 0 Å². The number of carbonyl (C=O) groups is 1. The first kappa shape index (κ1) is 20.7. The molecule has 2 nitrogen and oxygen atoms in total. The number of carbonyl (C=O) groups excluding carboxylic acids is 1. The van der Waals surface area contributed by atoms with Gasteiger partial charge in [0.15, 0.2) is 0 Å². The molecule has 0 radical (unpaired) electrons. The topological polar surface area (TPSA) is 29.1 Å². The Balaban J connectivity index is 1.65. The number of aryl methyl sites for hydroxylation is 1. The molecule has 2 rings (SSSR count). The van der Waals surface area contributed by atoms with Gasteiger partial charge in [0.1, 0.15) is 0 Å². The maximum Gasteiger partial charge on any atom is 0.220 e. The zero-order valence-electron chi connectivity index (χ0n) is 13.3. The first-order chi connectivity index (χ1) is 12.0. The number of rotatable bonds is 8. The van der Waals surface area contributed by atoms with Crippen molar-refractivity contribution in [1.29, 1.82) is 0 Å². The summed E-state index contributed by atoms with van der Waals surface area (Å²) in [6, 6.07) is 10.8. The molecular formula is C18H17Cl4NOS. The average Bonchev–Trinajstić information content (AvgIpc) is 2.56. The minimum absolute atomic E-state index is 0.00222. The van der Waals surface area contributed by atoms with Gasteiger partial charge in [0.25, 0.3) is 0 Å². The Bertz CT molecular complexity index is 719. The highest BCUT2D eigenvalue weighted by Crippen LogP contribution is 2.28. The molecule has 25 heavy (non-hydrogen) atoms. The van der Waals surface area contributed by atoms with Crippen LogP contribution in [0.25, 0.3) is 0 Å². The molecule has 1 N–H and O–H groups in total. The van der Waals surface area contributed by atoms with Crippen molar-refractivity contribution in [2.24, 2.45) is 0 Å². The summed E-state index contributed by atoms with van der Waals surface area (Å²) in [5, 5.41) is 5.43. The Morgan fingerprint density at radius 3 is 2.40 bits per heavy atom. The molecule has 0 saturated heterocycles. The minimum Gasteiger partial charge on any atom is -0.355 e. The standard InChI is InChI=1S/C18H17Cl4NOS/c19-13-6-4-12(17(22)10-13)5-7-18(24)23-8-9-25-11-14-15(20)2-1-3-16(14)21/h1-4,6,10H,5,7-9,11H2,(H,23,24). The monoisotopic (exact) mass is 435 g/mol. The van der Waals surface area contributed by atoms with Crippen molar-refractivity contribution in [1.82, 2.24) is 5.32 Å². The van der Waals surface area contributed by atoms with Crippen molar-refractivity contribution in [3.8, 4) is 0 Å². The van der Waals surface area contributed by atoms with E-state index in [0.29, 0.717) is 39.5 Å². The number of nitrogens with one attached hydrogen (secondary N) is 1. The maximum absolute atomic E-state index is 11.9. The van der Waals surface area contributed by atoms with E-state index in [2.05, 4.69) is 5.32 Å². The second kappa shape index (κ2) is 10.5. The third kappa shape index (κ3) is 6.92. The lowest BCUT2D eigenvalue weighted by atomic mass is 10.1. The lowest BCUT2D eigenvalue weighted by molar-refractivity contribution is -0.120. The summed E-state index contributed by atoms with van der Waals surface area (Å²) in [5.41, 5.74) is 1.85. The molecule has 0 spiro atoms. The van der Waals surface area contributed by atoms with E-state index in [9.17, 15) is 4.79 Å². The summed E-state index contributed by atoms with van der Waals surface area (Å²) in [4.78, 5) is 11.9. The van der Waals surface area contributed by atoms with Crippen LogP contribution in [-0.2, 0) is 17.0 Å². The van der Waals surface area contributed by atoms with Gasteiger partial charge in [-0.3, -0.25) is 4.79 Å². The van der Waals surface area contributed by atoms with Gasteiger partial charge in [0.2, 0.25) is 5.91 Å². The summed E-state index contributed by atoms with van der Waals surface area (Å²) in [6.45, 7) is 0.597. The smallest absolute Gasteiger partial charge is 0.220 e. The second-order valence-electron chi connectivity index (χ2n) is 5.34. The first-order valence-corrected chi connectivity index (χ1v) is 10.4. The van der Waals surface area contributed by atoms with Crippen molar-refractivity contribution in [3.05, 3.63) is 67.6 Å². The number of thioether (sulfide) groups is 1. The van der Waals surface area contributed by atoms with Gasteiger partial charge in [0, 0.05) is 44.6 Å². The predicted molar refractivity (Wildman–Crippen MR) is 110 cm³/mol. The lowest BCUT2D eigenvalue weighted by Crippen LogP contribution is -2.26. The SMILES string of the molecule is O=C(CCc1ccc(Cl)cc1Cl)NCCSCc1c(Cl)cccc1Cl. The van der Waals surface area contributed by atoms with Crippen LogP contribution in [0.5, 0.6) is 0 Å². The minimum atomic E-state index is 0.00222. The van der Waals surface area contributed by atoms with Gasteiger partial charge in [-0.1, -0.05) is 58.5 Å². The molecule has 134 valence electrons. The highest BCUT2D eigenvalue weighted by molar-refractivity contribution is 7.98. The summed E-state index contributed by atoms with van der Waals surface area (Å²) in [5.74, 6) is 1.51. The van der Waals surface area contributed by atoms with E-state index in [-0.39, 0.29) is 5.91 Å².